The Hall–Kier alpha value is -0.870. The molecule has 1 N–H and O–H groups in total. The van der Waals surface area contributed by atoms with E-state index in [0.29, 0.717) is 18.7 Å². The van der Waals surface area contributed by atoms with Crippen LogP contribution in [-0.2, 0) is 11.3 Å². The van der Waals surface area contributed by atoms with Crippen LogP contribution in [-0.4, -0.2) is 24.2 Å². The molecule has 2 atom stereocenters. The van der Waals surface area contributed by atoms with E-state index in [-0.39, 0.29) is 0 Å². The van der Waals surface area contributed by atoms with E-state index in [9.17, 15) is 0 Å². The molecule has 0 radical (unpaired) electrons. The van der Waals surface area contributed by atoms with Crippen molar-refractivity contribution in [1.82, 2.24) is 10.3 Å². The van der Waals surface area contributed by atoms with Crippen molar-refractivity contribution in [3.8, 4) is 0 Å². The van der Waals surface area contributed by atoms with Crippen molar-refractivity contribution in [2.75, 3.05) is 7.11 Å². The van der Waals surface area contributed by atoms with E-state index in [0.717, 1.165) is 23.8 Å². The molecular weight excluding hydrogens is 216 g/mol. The van der Waals surface area contributed by atoms with E-state index < -0.39 is 0 Å². The van der Waals surface area contributed by atoms with Gasteiger partial charge in [0.25, 0.3) is 0 Å². The SMILES string of the molecule is COC1CCCCC1NCc1nc(C)c(C)o1. The van der Waals surface area contributed by atoms with Gasteiger partial charge in [-0.25, -0.2) is 4.98 Å². The number of nitrogens with zero attached hydrogens (tertiary/aromatic N) is 1. The molecule has 1 aromatic rings. The van der Waals surface area contributed by atoms with Crippen molar-refractivity contribution >= 4 is 0 Å². The minimum atomic E-state index is 0.334. The maximum absolute atomic E-state index is 5.56. The highest BCUT2D eigenvalue weighted by Crippen LogP contribution is 2.21. The van der Waals surface area contributed by atoms with Gasteiger partial charge in [0.05, 0.1) is 18.3 Å². The van der Waals surface area contributed by atoms with Gasteiger partial charge < -0.3 is 14.5 Å². The zero-order valence-electron chi connectivity index (χ0n) is 11.0. The fourth-order valence-electron chi connectivity index (χ4n) is 2.45. The number of rotatable bonds is 4. The van der Waals surface area contributed by atoms with Gasteiger partial charge in [0.2, 0.25) is 5.89 Å². The van der Waals surface area contributed by atoms with Gasteiger partial charge >= 0.3 is 0 Å². The molecule has 1 heterocycles. The molecule has 0 spiro atoms. The summed E-state index contributed by atoms with van der Waals surface area (Å²) < 4.78 is 11.1. The van der Waals surface area contributed by atoms with Crippen LogP contribution >= 0.6 is 0 Å². The van der Waals surface area contributed by atoms with E-state index in [4.69, 9.17) is 9.15 Å². The Bertz CT molecular complexity index is 343. The lowest BCUT2D eigenvalue weighted by Crippen LogP contribution is -2.42. The molecule has 2 unspecified atom stereocenters. The van der Waals surface area contributed by atoms with Gasteiger partial charge in [-0.3, -0.25) is 0 Å². The highest BCUT2D eigenvalue weighted by atomic mass is 16.5. The molecular formula is C13H22N2O2. The summed E-state index contributed by atoms with van der Waals surface area (Å²) in [4.78, 5) is 4.38. The Morgan fingerprint density at radius 1 is 1.35 bits per heavy atom. The highest BCUT2D eigenvalue weighted by Gasteiger charge is 2.24. The highest BCUT2D eigenvalue weighted by molar-refractivity contribution is 5.05. The van der Waals surface area contributed by atoms with Crippen LogP contribution < -0.4 is 5.32 Å². The molecule has 0 amide bonds. The maximum Gasteiger partial charge on any atom is 0.208 e. The van der Waals surface area contributed by atoms with E-state index in [2.05, 4.69) is 10.3 Å². The summed E-state index contributed by atoms with van der Waals surface area (Å²) in [6, 6.07) is 0.432. The Kier molecular flexibility index (Phi) is 4.18. The van der Waals surface area contributed by atoms with Crippen LogP contribution in [0.1, 0.15) is 43.0 Å². The lowest BCUT2D eigenvalue weighted by molar-refractivity contribution is 0.0405. The molecule has 0 saturated heterocycles. The molecule has 1 aliphatic rings. The Morgan fingerprint density at radius 2 is 2.12 bits per heavy atom. The molecule has 96 valence electrons. The van der Waals surface area contributed by atoms with Crippen LogP contribution in [0.15, 0.2) is 4.42 Å². The quantitative estimate of drug-likeness (QED) is 0.874. The van der Waals surface area contributed by atoms with Gasteiger partial charge in [-0.2, -0.15) is 0 Å². The first-order valence-corrected chi connectivity index (χ1v) is 6.40. The number of aromatic nitrogens is 1. The minimum absolute atomic E-state index is 0.334. The first-order chi connectivity index (χ1) is 8.20. The summed E-state index contributed by atoms with van der Waals surface area (Å²) in [7, 11) is 1.80. The molecule has 4 heteroatoms. The van der Waals surface area contributed by atoms with E-state index >= 15 is 0 Å². The number of aryl methyl sites for hydroxylation is 2. The van der Waals surface area contributed by atoms with Crippen LogP contribution in [0.3, 0.4) is 0 Å². The average molecular weight is 238 g/mol. The van der Waals surface area contributed by atoms with Gasteiger partial charge in [-0.05, 0) is 26.7 Å². The van der Waals surface area contributed by atoms with Gasteiger partial charge in [-0.15, -0.1) is 0 Å². The Labute approximate surface area is 103 Å². The van der Waals surface area contributed by atoms with Crippen molar-refractivity contribution in [2.45, 2.75) is 58.2 Å². The van der Waals surface area contributed by atoms with Crippen molar-refractivity contribution < 1.29 is 9.15 Å². The first-order valence-electron chi connectivity index (χ1n) is 6.40. The monoisotopic (exact) mass is 238 g/mol. The Morgan fingerprint density at radius 3 is 2.76 bits per heavy atom. The van der Waals surface area contributed by atoms with Crippen LogP contribution in [0.5, 0.6) is 0 Å². The van der Waals surface area contributed by atoms with Gasteiger partial charge in [0.1, 0.15) is 5.76 Å². The van der Waals surface area contributed by atoms with Crippen molar-refractivity contribution in [3.05, 3.63) is 17.3 Å². The number of hydrogen-bond acceptors (Lipinski definition) is 4. The van der Waals surface area contributed by atoms with Crippen LogP contribution in [0, 0.1) is 13.8 Å². The molecule has 1 aromatic heterocycles. The summed E-state index contributed by atoms with van der Waals surface area (Å²) in [5.41, 5.74) is 0.980. The standard InChI is InChI=1S/C13H22N2O2/c1-9-10(2)17-13(15-9)8-14-11-6-4-5-7-12(11)16-3/h11-12,14H,4-8H2,1-3H3. The number of ether oxygens (including phenoxy) is 1. The van der Waals surface area contributed by atoms with Gasteiger partial charge in [0.15, 0.2) is 0 Å². The van der Waals surface area contributed by atoms with E-state index in [1.54, 1.807) is 7.11 Å². The molecule has 17 heavy (non-hydrogen) atoms. The largest absolute Gasteiger partial charge is 0.444 e. The third kappa shape index (κ3) is 3.07. The zero-order chi connectivity index (χ0) is 12.3. The van der Waals surface area contributed by atoms with Crippen molar-refractivity contribution in [2.24, 2.45) is 0 Å². The number of nitrogens with one attached hydrogen (secondary N) is 1. The smallest absolute Gasteiger partial charge is 0.208 e. The van der Waals surface area contributed by atoms with Crippen LogP contribution in [0.25, 0.3) is 0 Å². The lowest BCUT2D eigenvalue weighted by Gasteiger charge is -2.30. The second kappa shape index (κ2) is 5.65. The van der Waals surface area contributed by atoms with Crippen LogP contribution in [0.2, 0.25) is 0 Å². The second-order valence-electron chi connectivity index (χ2n) is 4.80. The second-order valence-corrected chi connectivity index (χ2v) is 4.80. The molecule has 0 bridgehead atoms. The number of hydrogen-bond donors (Lipinski definition) is 1. The predicted molar refractivity (Wildman–Crippen MR) is 65.9 cm³/mol. The molecule has 1 saturated carbocycles. The Balaban J connectivity index is 1.88. The average Bonchev–Trinajstić information content (AvgIpc) is 2.66. The van der Waals surface area contributed by atoms with Crippen molar-refractivity contribution in [3.63, 3.8) is 0 Å². The number of methoxy groups -OCH3 is 1. The zero-order valence-corrected chi connectivity index (χ0v) is 11.0. The summed E-state index contributed by atoms with van der Waals surface area (Å²) in [6.07, 6.45) is 5.21. The summed E-state index contributed by atoms with van der Waals surface area (Å²) in [5, 5.41) is 3.50. The predicted octanol–water partition coefficient (Wildman–Crippen LogP) is 2.34. The van der Waals surface area contributed by atoms with Gasteiger partial charge in [-0.1, -0.05) is 12.8 Å². The minimum Gasteiger partial charge on any atom is -0.444 e. The van der Waals surface area contributed by atoms with Crippen LogP contribution in [0.4, 0.5) is 0 Å². The topological polar surface area (TPSA) is 47.3 Å². The molecule has 1 aliphatic carbocycles. The fraction of sp³-hybridized carbons (Fsp3) is 0.769. The summed E-state index contributed by atoms with van der Waals surface area (Å²) >= 11 is 0. The summed E-state index contributed by atoms with van der Waals surface area (Å²) in [5.74, 6) is 1.69. The molecule has 2 rings (SSSR count). The molecule has 0 aromatic carbocycles. The molecule has 1 fully saturated rings. The molecule has 0 aliphatic heterocycles. The number of oxazole rings is 1. The van der Waals surface area contributed by atoms with E-state index in [1.165, 1.54) is 19.3 Å². The van der Waals surface area contributed by atoms with Crippen molar-refractivity contribution in [1.29, 1.82) is 0 Å². The van der Waals surface area contributed by atoms with E-state index in [1.807, 2.05) is 13.8 Å². The summed E-state index contributed by atoms with van der Waals surface area (Å²) in [6.45, 7) is 4.62. The first kappa shape index (κ1) is 12.6. The van der Waals surface area contributed by atoms with Gasteiger partial charge in [0, 0.05) is 13.2 Å². The molecule has 4 nitrogen and oxygen atoms in total. The third-order valence-electron chi connectivity index (χ3n) is 3.59. The fourth-order valence-corrected chi connectivity index (χ4v) is 2.45. The third-order valence-corrected chi connectivity index (χ3v) is 3.59. The maximum atomic E-state index is 5.56. The lowest BCUT2D eigenvalue weighted by atomic mass is 9.92. The normalized spacial score (nSPS) is 25.1.